The van der Waals surface area contributed by atoms with Crippen molar-refractivity contribution in [1.82, 2.24) is 0 Å². The zero-order chi connectivity index (χ0) is 13.6. The number of Topliss-reactive ketones (excluding diaryl/α,β-unsaturated/α-hetero) is 1. The van der Waals surface area contributed by atoms with Gasteiger partial charge in [-0.1, -0.05) is 0 Å². The van der Waals surface area contributed by atoms with Crippen LogP contribution in [0, 0.1) is 11.7 Å². The van der Waals surface area contributed by atoms with Gasteiger partial charge in [0, 0.05) is 12.3 Å². The first kappa shape index (κ1) is 12.6. The quantitative estimate of drug-likeness (QED) is 0.782. The van der Waals surface area contributed by atoms with Gasteiger partial charge in [0.2, 0.25) is 0 Å². The fraction of sp³-hybridized carbons (Fsp3) is 0.533. The highest BCUT2D eigenvalue weighted by atomic mass is 19.1. The molecule has 19 heavy (non-hydrogen) atoms. The maximum absolute atomic E-state index is 13.1. The predicted octanol–water partition coefficient (Wildman–Crippen LogP) is 2.97. The number of ether oxygens (including phenoxy) is 2. The smallest absolute Gasteiger partial charge is 0.170 e. The third kappa shape index (κ3) is 2.37. The predicted molar refractivity (Wildman–Crippen MR) is 67.9 cm³/mol. The monoisotopic (exact) mass is 264 g/mol. The van der Waals surface area contributed by atoms with Crippen LogP contribution in [0.5, 0.6) is 5.75 Å². The van der Waals surface area contributed by atoms with E-state index in [4.69, 9.17) is 9.47 Å². The van der Waals surface area contributed by atoms with Crippen LogP contribution >= 0.6 is 0 Å². The number of benzene rings is 1. The SMILES string of the molecule is CC1(C)CC(C2CC(=O)c3cc(F)ccc3O2)CO1. The Labute approximate surface area is 111 Å². The molecule has 1 fully saturated rings. The first-order valence-corrected chi connectivity index (χ1v) is 6.58. The van der Waals surface area contributed by atoms with Gasteiger partial charge < -0.3 is 9.47 Å². The molecule has 0 aliphatic carbocycles. The Morgan fingerprint density at radius 1 is 1.37 bits per heavy atom. The molecule has 1 saturated heterocycles. The second-order valence-corrected chi connectivity index (χ2v) is 5.96. The first-order valence-electron chi connectivity index (χ1n) is 6.58. The fourth-order valence-corrected chi connectivity index (χ4v) is 2.90. The number of hydrogen-bond donors (Lipinski definition) is 0. The summed E-state index contributed by atoms with van der Waals surface area (Å²) in [5, 5.41) is 0. The molecule has 2 unspecified atom stereocenters. The second-order valence-electron chi connectivity index (χ2n) is 5.96. The van der Waals surface area contributed by atoms with E-state index in [0.29, 0.717) is 24.3 Å². The number of rotatable bonds is 1. The molecule has 102 valence electrons. The molecule has 0 N–H and O–H groups in total. The number of carbonyl (C=O) groups excluding carboxylic acids is 1. The van der Waals surface area contributed by atoms with Gasteiger partial charge in [-0.15, -0.1) is 0 Å². The van der Waals surface area contributed by atoms with Crippen LogP contribution in [-0.4, -0.2) is 24.1 Å². The standard InChI is InChI=1S/C15H17FO3/c1-15(2)7-9(8-18-15)14-6-12(17)11-5-10(16)3-4-13(11)19-14/h3-5,9,14H,6-8H2,1-2H3. The normalized spacial score (nSPS) is 28.9. The minimum Gasteiger partial charge on any atom is -0.489 e. The first-order chi connectivity index (χ1) is 8.94. The maximum Gasteiger partial charge on any atom is 0.170 e. The van der Waals surface area contributed by atoms with Gasteiger partial charge in [0.15, 0.2) is 5.78 Å². The van der Waals surface area contributed by atoms with Crippen molar-refractivity contribution in [3.8, 4) is 5.75 Å². The summed E-state index contributed by atoms with van der Waals surface area (Å²) in [5.41, 5.74) is 0.203. The lowest BCUT2D eigenvalue weighted by atomic mass is 9.88. The van der Waals surface area contributed by atoms with Gasteiger partial charge in [-0.3, -0.25) is 4.79 Å². The van der Waals surface area contributed by atoms with E-state index in [1.807, 2.05) is 13.8 Å². The van der Waals surface area contributed by atoms with Crippen molar-refractivity contribution >= 4 is 5.78 Å². The van der Waals surface area contributed by atoms with Crippen molar-refractivity contribution < 1.29 is 18.7 Å². The number of carbonyl (C=O) groups is 1. The number of fused-ring (bicyclic) bond motifs is 1. The van der Waals surface area contributed by atoms with Crippen LogP contribution in [0.2, 0.25) is 0 Å². The molecule has 0 saturated carbocycles. The van der Waals surface area contributed by atoms with Gasteiger partial charge in [0.1, 0.15) is 17.7 Å². The van der Waals surface area contributed by atoms with Crippen molar-refractivity contribution in [3.63, 3.8) is 0 Å². The van der Waals surface area contributed by atoms with Crippen molar-refractivity contribution in [2.45, 2.75) is 38.4 Å². The lowest BCUT2D eigenvalue weighted by molar-refractivity contribution is 0.0301. The molecule has 2 atom stereocenters. The molecule has 0 amide bonds. The molecular weight excluding hydrogens is 247 g/mol. The fourth-order valence-electron chi connectivity index (χ4n) is 2.90. The van der Waals surface area contributed by atoms with Gasteiger partial charge in [-0.2, -0.15) is 0 Å². The highest BCUT2D eigenvalue weighted by Crippen LogP contribution is 2.37. The van der Waals surface area contributed by atoms with Gasteiger partial charge in [0.25, 0.3) is 0 Å². The van der Waals surface area contributed by atoms with E-state index in [1.54, 1.807) is 0 Å². The highest BCUT2D eigenvalue weighted by molar-refractivity contribution is 5.99. The minimum atomic E-state index is -0.403. The zero-order valence-corrected chi connectivity index (χ0v) is 11.1. The summed E-state index contributed by atoms with van der Waals surface area (Å²) in [6.07, 6.45) is 1.02. The lowest BCUT2D eigenvalue weighted by Crippen LogP contribution is -2.34. The van der Waals surface area contributed by atoms with E-state index in [9.17, 15) is 9.18 Å². The molecule has 2 aliphatic heterocycles. The Kier molecular flexibility index (Phi) is 2.86. The van der Waals surface area contributed by atoms with E-state index in [2.05, 4.69) is 0 Å². The molecule has 1 aromatic carbocycles. The van der Waals surface area contributed by atoms with Gasteiger partial charge in [-0.05, 0) is 38.5 Å². The number of ketones is 1. The lowest BCUT2D eigenvalue weighted by Gasteiger charge is -2.29. The van der Waals surface area contributed by atoms with Crippen molar-refractivity contribution in [1.29, 1.82) is 0 Å². The van der Waals surface area contributed by atoms with E-state index in [-0.39, 0.29) is 23.4 Å². The minimum absolute atomic E-state index is 0.0459. The van der Waals surface area contributed by atoms with Crippen molar-refractivity contribution in [2.75, 3.05) is 6.61 Å². The molecule has 0 spiro atoms. The van der Waals surface area contributed by atoms with E-state index in [1.165, 1.54) is 18.2 Å². The second kappa shape index (κ2) is 4.30. The van der Waals surface area contributed by atoms with Gasteiger partial charge in [0.05, 0.1) is 17.8 Å². The molecule has 0 bridgehead atoms. The average molecular weight is 264 g/mol. The molecule has 1 aromatic rings. The molecule has 2 aliphatic rings. The van der Waals surface area contributed by atoms with Gasteiger partial charge in [-0.25, -0.2) is 4.39 Å². The largest absolute Gasteiger partial charge is 0.489 e. The third-order valence-corrected chi connectivity index (χ3v) is 3.87. The van der Waals surface area contributed by atoms with Crippen molar-refractivity contribution in [3.05, 3.63) is 29.6 Å². The third-order valence-electron chi connectivity index (χ3n) is 3.87. The molecule has 3 nitrogen and oxygen atoms in total. The van der Waals surface area contributed by atoms with Crippen LogP contribution in [0.25, 0.3) is 0 Å². The van der Waals surface area contributed by atoms with Crippen molar-refractivity contribution in [2.24, 2.45) is 5.92 Å². The molecule has 0 aromatic heterocycles. The Hall–Kier alpha value is -1.42. The van der Waals surface area contributed by atoms with E-state index >= 15 is 0 Å². The average Bonchev–Trinajstić information content (AvgIpc) is 2.70. The van der Waals surface area contributed by atoms with E-state index < -0.39 is 5.82 Å². The summed E-state index contributed by atoms with van der Waals surface area (Å²) >= 11 is 0. The number of hydrogen-bond acceptors (Lipinski definition) is 3. The molecular formula is C15H17FO3. The molecule has 0 radical (unpaired) electrons. The summed E-state index contributed by atoms with van der Waals surface area (Å²) in [6, 6.07) is 4.11. The zero-order valence-electron chi connectivity index (χ0n) is 11.1. The summed E-state index contributed by atoms with van der Waals surface area (Å²) < 4.78 is 24.7. The Morgan fingerprint density at radius 3 is 2.84 bits per heavy atom. The molecule has 4 heteroatoms. The number of halogens is 1. The van der Waals surface area contributed by atoms with Crippen LogP contribution in [0.4, 0.5) is 4.39 Å². The molecule has 2 heterocycles. The van der Waals surface area contributed by atoms with Crippen LogP contribution in [0.1, 0.15) is 37.0 Å². The summed E-state index contributed by atoms with van der Waals surface area (Å²) in [6.45, 7) is 4.70. The molecule has 3 rings (SSSR count). The van der Waals surface area contributed by atoms with E-state index in [0.717, 1.165) is 6.42 Å². The van der Waals surface area contributed by atoms with Crippen LogP contribution < -0.4 is 4.74 Å². The topological polar surface area (TPSA) is 35.5 Å². The van der Waals surface area contributed by atoms with Crippen LogP contribution in [0.3, 0.4) is 0 Å². The summed E-state index contributed by atoms with van der Waals surface area (Å²) in [7, 11) is 0. The van der Waals surface area contributed by atoms with Crippen LogP contribution in [0.15, 0.2) is 18.2 Å². The van der Waals surface area contributed by atoms with Gasteiger partial charge >= 0.3 is 0 Å². The van der Waals surface area contributed by atoms with Crippen LogP contribution in [-0.2, 0) is 4.74 Å². The summed E-state index contributed by atoms with van der Waals surface area (Å²) in [4.78, 5) is 12.1. The highest BCUT2D eigenvalue weighted by Gasteiger charge is 2.40. The Bertz CT molecular complexity index is 524. The summed E-state index contributed by atoms with van der Waals surface area (Å²) in [5.74, 6) is 0.263. The Morgan fingerprint density at radius 2 is 2.16 bits per heavy atom. The Balaban J connectivity index is 1.82. The maximum atomic E-state index is 13.1.